The van der Waals surface area contributed by atoms with E-state index in [1.165, 1.54) is 16.7 Å². The molecule has 2 aromatic carbocycles. The Balaban J connectivity index is 2.06. The second-order valence-corrected chi connectivity index (χ2v) is 5.87. The SMILES string of the molecule is Cc1ccc(CCC(=O)c2cc(Cl)cc(Cl)c2)cc1C. The molecule has 20 heavy (non-hydrogen) atoms. The van der Waals surface area contributed by atoms with Gasteiger partial charge in [-0.25, -0.2) is 0 Å². The van der Waals surface area contributed by atoms with Crippen molar-refractivity contribution in [2.45, 2.75) is 26.7 Å². The second kappa shape index (κ2) is 6.43. The number of ketones is 1. The summed E-state index contributed by atoms with van der Waals surface area (Å²) in [7, 11) is 0. The first-order chi connectivity index (χ1) is 9.45. The van der Waals surface area contributed by atoms with Crippen LogP contribution < -0.4 is 0 Å². The van der Waals surface area contributed by atoms with Crippen LogP contribution in [0.15, 0.2) is 36.4 Å². The smallest absolute Gasteiger partial charge is 0.163 e. The van der Waals surface area contributed by atoms with E-state index in [0.29, 0.717) is 22.0 Å². The lowest BCUT2D eigenvalue weighted by Crippen LogP contribution is -2.01. The van der Waals surface area contributed by atoms with Gasteiger partial charge in [-0.15, -0.1) is 0 Å². The summed E-state index contributed by atoms with van der Waals surface area (Å²) in [5.74, 6) is 0.0626. The van der Waals surface area contributed by atoms with Gasteiger partial charge in [-0.05, 0) is 55.2 Å². The highest BCUT2D eigenvalue weighted by atomic mass is 35.5. The van der Waals surface area contributed by atoms with Gasteiger partial charge in [0, 0.05) is 22.0 Å². The lowest BCUT2D eigenvalue weighted by atomic mass is 10.00. The molecule has 0 aliphatic carbocycles. The molecular weight excluding hydrogens is 291 g/mol. The van der Waals surface area contributed by atoms with E-state index in [1.54, 1.807) is 18.2 Å². The summed E-state index contributed by atoms with van der Waals surface area (Å²) in [6, 6.07) is 11.2. The number of carbonyl (C=O) groups is 1. The molecule has 0 atom stereocenters. The van der Waals surface area contributed by atoms with E-state index in [4.69, 9.17) is 23.2 Å². The summed E-state index contributed by atoms with van der Waals surface area (Å²) in [4.78, 5) is 12.2. The molecule has 0 fully saturated rings. The molecule has 0 aliphatic rings. The highest BCUT2D eigenvalue weighted by molar-refractivity contribution is 6.35. The Hall–Kier alpha value is -1.31. The Morgan fingerprint density at radius 3 is 2.20 bits per heavy atom. The van der Waals surface area contributed by atoms with Crippen LogP contribution >= 0.6 is 23.2 Å². The predicted molar refractivity (Wildman–Crippen MR) is 85.0 cm³/mol. The van der Waals surface area contributed by atoms with Gasteiger partial charge in [0.25, 0.3) is 0 Å². The van der Waals surface area contributed by atoms with E-state index < -0.39 is 0 Å². The van der Waals surface area contributed by atoms with Crippen LogP contribution in [-0.2, 0) is 6.42 Å². The standard InChI is InChI=1S/C17H16Cl2O/c1-11-3-4-13(7-12(11)2)5-6-17(20)14-8-15(18)10-16(19)9-14/h3-4,7-10H,5-6H2,1-2H3. The lowest BCUT2D eigenvalue weighted by Gasteiger charge is -2.06. The van der Waals surface area contributed by atoms with Crippen molar-refractivity contribution >= 4 is 29.0 Å². The maximum absolute atomic E-state index is 12.2. The largest absolute Gasteiger partial charge is 0.294 e. The first-order valence-electron chi connectivity index (χ1n) is 6.51. The number of rotatable bonds is 4. The van der Waals surface area contributed by atoms with Gasteiger partial charge in [0.15, 0.2) is 5.78 Å². The van der Waals surface area contributed by atoms with Crippen LogP contribution in [0.4, 0.5) is 0 Å². The molecule has 0 bridgehead atoms. The zero-order valence-electron chi connectivity index (χ0n) is 11.5. The third kappa shape index (κ3) is 3.84. The van der Waals surface area contributed by atoms with E-state index in [1.807, 2.05) is 0 Å². The van der Waals surface area contributed by atoms with Gasteiger partial charge in [0.05, 0.1) is 0 Å². The molecule has 1 nitrogen and oxygen atoms in total. The molecule has 0 spiro atoms. The van der Waals surface area contributed by atoms with Crippen molar-refractivity contribution < 1.29 is 4.79 Å². The second-order valence-electron chi connectivity index (χ2n) is 5.00. The molecule has 3 heteroatoms. The van der Waals surface area contributed by atoms with Crippen LogP contribution in [-0.4, -0.2) is 5.78 Å². The van der Waals surface area contributed by atoms with Gasteiger partial charge in [-0.1, -0.05) is 41.4 Å². The fourth-order valence-corrected chi connectivity index (χ4v) is 2.60. The minimum atomic E-state index is 0.0626. The summed E-state index contributed by atoms with van der Waals surface area (Å²) in [6.45, 7) is 4.16. The minimum Gasteiger partial charge on any atom is -0.294 e. The summed E-state index contributed by atoms with van der Waals surface area (Å²) in [5, 5.41) is 0.985. The molecule has 0 aliphatic heterocycles. The molecule has 0 N–H and O–H groups in total. The Bertz CT molecular complexity index is 627. The minimum absolute atomic E-state index is 0.0626. The summed E-state index contributed by atoms with van der Waals surface area (Å²) >= 11 is 11.8. The van der Waals surface area contributed by atoms with Gasteiger partial charge in [0.1, 0.15) is 0 Å². The van der Waals surface area contributed by atoms with E-state index in [9.17, 15) is 4.79 Å². The van der Waals surface area contributed by atoms with Gasteiger partial charge in [-0.3, -0.25) is 4.79 Å². The molecular formula is C17H16Cl2O. The third-order valence-corrected chi connectivity index (χ3v) is 3.83. The van der Waals surface area contributed by atoms with Crippen molar-refractivity contribution in [3.63, 3.8) is 0 Å². The van der Waals surface area contributed by atoms with Crippen molar-refractivity contribution in [1.29, 1.82) is 0 Å². The lowest BCUT2D eigenvalue weighted by molar-refractivity contribution is 0.0983. The highest BCUT2D eigenvalue weighted by Gasteiger charge is 2.08. The van der Waals surface area contributed by atoms with E-state index in [0.717, 1.165) is 6.42 Å². The molecule has 0 amide bonds. The number of benzene rings is 2. The van der Waals surface area contributed by atoms with Crippen LogP contribution in [0.2, 0.25) is 10.0 Å². The molecule has 0 radical (unpaired) electrons. The quantitative estimate of drug-likeness (QED) is 0.689. The number of carbonyl (C=O) groups excluding carboxylic acids is 1. The van der Waals surface area contributed by atoms with Crippen molar-refractivity contribution in [2.24, 2.45) is 0 Å². The van der Waals surface area contributed by atoms with E-state index >= 15 is 0 Å². The topological polar surface area (TPSA) is 17.1 Å². The molecule has 0 heterocycles. The fraction of sp³-hybridized carbons (Fsp3) is 0.235. The zero-order chi connectivity index (χ0) is 14.7. The van der Waals surface area contributed by atoms with Crippen molar-refractivity contribution in [3.05, 3.63) is 68.7 Å². The Labute approximate surface area is 129 Å². The Morgan fingerprint density at radius 2 is 1.60 bits per heavy atom. The summed E-state index contributed by atoms with van der Waals surface area (Å²) in [6.07, 6.45) is 1.18. The maximum Gasteiger partial charge on any atom is 0.163 e. The van der Waals surface area contributed by atoms with Gasteiger partial charge in [0.2, 0.25) is 0 Å². The third-order valence-electron chi connectivity index (χ3n) is 3.40. The fourth-order valence-electron chi connectivity index (χ4n) is 2.08. The molecule has 0 unspecified atom stereocenters. The van der Waals surface area contributed by atoms with Crippen molar-refractivity contribution in [2.75, 3.05) is 0 Å². The highest BCUT2D eigenvalue weighted by Crippen LogP contribution is 2.21. The van der Waals surface area contributed by atoms with Crippen LogP contribution in [0.3, 0.4) is 0 Å². The molecule has 2 rings (SSSR count). The molecule has 104 valence electrons. The summed E-state index contributed by atoms with van der Waals surface area (Å²) in [5.41, 5.74) is 4.27. The van der Waals surface area contributed by atoms with Gasteiger partial charge in [-0.2, -0.15) is 0 Å². The van der Waals surface area contributed by atoms with Crippen molar-refractivity contribution in [1.82, 2.24) is 0 Å². The van der Waals surface area contributed by atoms with E-state index in [-0.39, 0.29) is 5.78 Å². The average Bonchev–Trinajstić information content (AvgIpc) is 2.38. The molecule has 2 aromatic rings. The van der Waals surface area contributed by atoms with Crippen LogP contribution in [0.25, 0.3) is 0 Å². The number of hydrogen-bond acceptors (Lipinski definition) is 1. The molecule has 0 aromatic heterocycles. The summed E-state index contributed by atoms with van der Waals surface area (Å²) < 4.78 is 0. The maximum atomic E-state index is 12.2. The Morgan fingerprint density at radius 1 is 0.950 bits per heavy atom. The van der Waals surface area contributed by atoms with Crippen LogP contribution in [0.5, 0.6) is 0 Å². The zero-order valence-corrected chi connectivity index (χ0v) is 13.1. The van der Waals surface area contributed by atoms with Crippen LogP contribution in [0, 0.1) is 13.8 Å². The van der Waals surface area contributed by atoms with Gasteiger partial charge >= 0.3 is 0 Å². The number of Topliss-reactive ketones (excluding diaryl/α,β-unsaturated/α-hetero) is 1. The monoisotopic (exact) mass is 306 g/mol. The number of aryl methyl sites for hydroxylation is 3. The molecule has 0 saturated carbocycles. The Kier molecular flexibility index (Phi) is 4.85. The van der Waals surface area contributed by atoms with E-state index in [2.05, 4.69) is 32.0 Å². The molecule has 0 saturated heterocycles. The average molecular weight is 307 g/mol. The number of hydrogen-bond donors (Lipinski definition) is 0. The van der Waals surface area contributed by atoms with Gasteiger partial charge < -0.3 is 0 Å². The first-order valence-corrected chi connectivity index (χ1v) is 7.27. The van der Waals surface area contributed by atoms with Crippen molar-refractivity contribution in [3.8, 4) is 0 Å². The van der Waals surface area contributed by atoms with Crippen LogP contribution in [0.1, 0.15) is 33.5 Å². The first kappa shape index (κ1) is 15.1. The predicted octanol–water partition coefficient (Wildman–Crippen LogP) is 5.43. The normalized spacial score (nSPS) is 10.6. The number of halogens is 2.